The van der Waals surface area contributed by atoms with Crippen molar-refractivity contribution < 1.29 is 5.11 Å². The van der Waals surface area contributed by atoms with Gasteiger partial charge in [0, 0.05) is 0 Å². The minimum atomic E-state index is -0.233. The number of aliphatic hydroxyl groups is 1. The number of benzene rings is 2. The fourth-order valence-electron chi connectivity index (χ4n) is 3.61. The second-order valence-corrected chi connectivity index (χ2v) is 5.35. The van der Waals surface area contributed by atoms with Gasteiger partial charge in [-0.15, -0.1) is 0 Å². The highest BCUT2D eigenvalue weighted by atomic mass is 16.3. The molecule has 0 aromatic heterocycles. The molecule has 1 atom stereocenters. The lowest BCUT2D eigenvalue weighted by atomic mass is 9.84. The van der Waals surface area contributed by atoms with E-state index in [1.54, 1.807) is 0 Å². The van der Waals surface area contributed by atoms with E-state index in [9.17, 15) is 5.11 Å². The molecular weight excluding hydrogens is 208 g/mol. The molecule has 0 heterocycles. The molecule has 1 N–H and O–H groups in total. The quantitative estimate of drug-likeness (QED) is 0.728. The van der Waals surface area contributed by atoms with Crippen LogP contribution < -0.4 is 0 Å². The van der Waals surface area contributed by atoms with E-state index in [1.807, 2.05) is 0 Å². The predicted molar refractivity (Wildman–Crippen MR) is 69.3 cm³/mol. The minimum absolute atomic E-state index is 0.233. The third kappa shape index (κ3) is 1.23. The monoisotopic (exact) mass is 224 g/mol. The maximum Gasteiger partial charge on any atom is 0.0793 e. The molecule has 2 aromatic carbocycles. The second-order valence-electron chi connectivity index (χ2n) is 5.35. The van der Waals surface area contributed by atoms with Crippen molar-refractivity contribution >= 4 is 10.8 Å². The van der Waals surface area contributed by atoms with Crippen molar-refractivity contribution in [2.24, 2.45) is 0 Å². The molecule has 2 aliphatic carbocycles. The number of aliphatic hydroxyl groups excluding tert-OH is 1. The second kappa shape index (κ2) is 3.33. The smallest absolute Gasteiger partial charge is 0.0793 e. The molecule has 0 radical (unpaired) electrons. The van der Waals surface area contributed by atoms with E-state index in [0.717, 1.165) is 25.7 Å². The van der Waals surface area contributed by atoms with Crippen LogP contribution in [0.1, 0.15) is 41.2 Å². The number of rotatable bonds is 0. The van der Waals surface area contributed by atoms with Crippen molar-refractivity contribution in [2.45, 2.75) is 38.2 Å². The molecule has 1 heteroatoms. The molecule has 0 fully saturated rings. The standard InChI is InChI=1S/C16H16O/c17-15-6-2-4-12-13-5-1-3-10-7-8-11(16(10)13)9-14(12)15/h1,3,5,9,15,17H,2,4,6-8H2/t15-/m0/s1. The van der Waals surface area contributed by atoms with E-state index in [2.05, 4.69) is 24.3 Å². The van der Waals surface area contributed by atoms with Crippen molar-refractivity contribution in [2.75, 3.05) is 0 Å². The van der Waals surface area contributed by atoms with Gasteiger partial charge in [-0.2, -0.15) is 0 Å². The summed E-state index contributed by atoms with van der Waals surface area (Å²) in [7, 11) is 0. The third-order valence-corrected chi connectivity index (χ3v) is 4.40. The van der Waals surface area contributed by atoms with Gasteiger partial charge >= 0.3 is 0 Å². The van der Waals surface area contributed by atoms with Crippen molar-refractivity contribution in [1.82, 2.24) is 0 Å². The van der Waals surface area contributed by atoms with Crippen LogP contribution in [0.5, 0.6) is 0 Å². The molecule has 0 unspecified atom stereocenters. The Morgan fingerprint density at radius 3 is 2.88 bits per heavy atom. The Labute approximate surface area is 101 Å². The first-order chi connectivity index (χ1) is 8.34. The van der Waals surface area contributed by atoms with E-state index < -0.39 is 0 Å². The zero-order valence-electron chi connectivity index (χ0n) is 9.87. The van der Waals surface area contributed by atoms with E-state index in [0.29, 0.717) is 0 Å². The van der Waals surface area contributed by atoms with Crippen LogP contribution in [0, 0.1) is 0 Å². The largest absolute Gasteiger partial charge is 0.388 e. The minimum Gasteiger partial charge on any atom is -0.388 e. The fraction of sp³-hybridized carbons (Fsp3) is 0.375. The Bertz CT molecular complexity index is 612. The van der Waals surface area contributed by atoms with Crippen LogP contribution in [-0.4, -0.2) is 5.11 Å². The Morgan fingerprint density at radius 1 is 1.06 bits per heavy atom. The van der Waals surface area contributed by atoms with Crippen molar-refractivity contribution in [3.05, 3.63) is 46.5 Å². The van der Waals surface area contributed by atoms with Crippen LogP contribution in [0.25, 0.3) is 10.8 Å². The van der Waals surface area contributed by atoms with Crippen LogP contribution in [-0.2, 0) is 19.3 Å². The third-order valence-electron chi connectivity index (χ3n) is 4.40. The highest BCUT2D eigenvalue weighted by molar-refractivity contribution is 5.94. The van der Waals surface area contributed by atoms with Crippen molar-refractivity contribution in [1.29, 1.82) is 0 Å². The summed E-state index contributed by atoms with van der Waals surface area (Å²) in [5.41, 5.74) is 5.57. The number of hydrogen-bond acceptors (Lipinski definition) is 1. The van der Waals surface area contributed by atoms with E-state index in [1.165, 1.54) is 39.4 Å². The zero-order valence-corrected chi connectivity index (χ0v) is 9.87. The Hall–Kier alpha value is -1.34. The maximum absolute atomic E-state index is 10.2. The molecule has 0 spiro atoms. The molecule has 0 bridgehead atoms. The number of fused-ring (bicyclic) bond motifs is 2. The lowest BCUT2D eigenvalue weighted by molar-refractivity contribution is 0.157. The van der Waals surface area contributed by atoms with E-state index in [-0.39, 0.29) is 6.10 Å². The highest BCUT2D eigenvalue weighted by Gasteiger charge is 2.24. The first kappa shape index (κ1) is 9.67. The van der Waals surface area contributed by atoms with Gasteiger partial charge in [-0.3, -0.25) is 0 Å². The average Bonchev–Trinajstić information content (AvgIpc) is 2.76. The summed E-state index contributed by atoms with van der Waals surface area (Å²) in [6.45, 7) is 0. The zero-order chi connectivity index (χ0) is 11.4. The molecule has 4 rings (SSSR count). The van der Waals surface area contributed by atoms with Gasteiger partial charge in [0.25, 0.3) is 0 Å². The molecule has 2 aliphatic rings. The Morgan fingerprint density at radius 2 is 1.94 bits per heavy atom. The molecular formula is C16H16O. The SMILES string of the molecule is O[C@H]1CCCc2c1cc1c3c(cccc23)CC1. The van der Waals surface area contributed by atoms with Crippen LogP contribution in [0.4, 0.5) is 0 Å². The molecule has 86 valence electrons. The first-order valence-corrected chi connectivity index (χ1v) is 6.59. The number of aryl methyl sites for hydroxylation is 3. The molecule has 17 heavy (non-hydrogen) atoms. The van der Waals surface area contributed by atoms with Crippen LogP contribution in [0.2, 0.25) is 0 Å². The van der Waals surface area contributed by atoms with Gasteiger partial charge < -0.3 is 5.11 Å². The van der Waals surface area contributed by atoms with Gasteiger partial charge in [-0.25, -0.2) is 0 Å². The van der Waals surface area contributed by atoms with Gasteiger partial charge in [0.15, 0.2) is 0 Å². The van der Waals surface area contributed by atoms with Crippen LogP contribution >= 0.6 is 0 Å². The summed E-state index contributed by atoms with van der Waals surface area (Å²) in [6, 6.07) is 8.95. The lowest BCUT2D eigenvalue weighted by Gasteiger charge is -2.24. The normalized spacial score (nSPS) is 21.8. The molecule has 2 aromatic rings. The van der Waals surface area contributed by atoms with Gasteiger partial charge in [0.1, 0.15) is 0 Å². The van der Waals surface area contributed by atoms with Crippen LogP contribution in [0.3, 0.4) is 0 Å². The van der Waals surface area contributed by atoms with E-state index in [4.69, 9.17) is 0 Å². The molecule has 0 saturated carbocycles. The molecule has 0 aliphatic heterocycles. The maximum atomic E-state index is 10.2. The Balaban J connectivity index is 2.14. The average molecular weight is 224 g/mol. The van der Waals surface area contributed by atoms with Gasteiger partial charge in [-0.1, -0.05) is 24.3 Å². The summed E-state index contributed by atoms with van der Waals surface area (Å²) in [5.74, 6) is 0. The highest BCUT2D eigenvalue weighted by Crippen LogP contribution is 2.40. The van der Waals surface area contributed by atoms with E-state index >= 15 is 0 Å². The number of hydrogen-bond donors (Lipinski definition) is 1. The predicted octanol–water partition coefficient (Wildman–Crippen LogP) is 3.31. The van der Waals surface area contributed by atoms with Crippen LogP contribution in [0.15, 0.2) is 24.3 Å². The summed E-state index contributed by atoms with van der Waals surface area (Å²) in [5, 5.41) is 13.1. The topological polar surface area (TPSA) is 20.2 Å². The van der Waals surface area contributed by atoms with Gasteiger partial charge in [0.2, 0.25) is 0 Å². The summed E-state index contributed by atoms with van der Waals surface area (Å²) in [6.07, 6.45) is 5.27. The lowest BCUT2D eigenvalue weighted by Crippen LogP contribution is -2.10. The molecule has 0 amide bonds. The molecule has 0 saturated heterocycles. The Kier molecular flexibility index (Phi) is 1.89. The molecule has 1 nitrogen and oxygen atoms in total. The van der Waals surface area contributed by atoms with Gasteiger partial charge in [-0.05, 0) is 65.1 Å². The van der Waals surface area contributed by atoms with Crippen molar-refractivity contribution in [3.8, 4) is 0 Å². The summed E-state index contributed by atoms with van der Waals surface area (Å²) >= 11 is 0. The van der Waals surface area contributed by atoms with Crippen molar-refractivity contribution in [3.63, 3.8) is 0 Å². The first-order valence-electron chi connectivity index (χ1n) is 6.59. The summed E-state index contributed by atoms with van der Waals surface area (Å²) < 4.78 is 0. The summed E-state index contributed by atoms with van der Waals surface area (Å²) in [4.78, 5) is 0. The fourth-order valence-corrected chi connectivity index (χ4v) is 3.61. The van der Waals surface area contributed by atoms with Gasteiger partial charge in [0.05, 0.1) is 6.10 Å².